The molecule has 5 heteroatoms. The molecule has 1 aromatic carbocycles. The molecule has 0 amide bonds. The molecule has 2 nitrogen and oxygen atoms in total. The summed E-state index contributed by atoms with van der Waals surface area (Å²) in [6.07, 6.45) is 1.96. The second kappa shape index (κ2) is 6.82. The maximum absolute atomic E-state index is 5.85. The highest BCUT2D eigenvalue weighted by Gasteiger charge is 2.21. The molecular formula is C16H17Br2NOS. The van der Waals surface area contributed by atoms with Crippen LogP contribution in [0.3, 0.4) is 0 Å². The Morgan fingerprint density at radius 2 is 2.14 bits per heavy atom. The fourth-order valence-electron chi connectivity index (χ4n) is 2.75. The van der Waals surface area contributed by atoms with Crippen LogP contribution in [0.2, 0.25) is 0 Å². The van der Waals surface area contributed by atoms with Crippen LogP contribution >= 0.6 is 43.2 Å². The lowest BCUT2D eigenvalue weighted by Crippen LogP contribution is -2.22. The average Bonchev–Trinajstić information content (AvgIpc) is 3.06. The molecule has 112 valence electrons. The molecule has 1 aromatic heterocycles. The van der Waals surface area contributed by atoms with E-state index in [2.05, 4.69) is 67.7 Å². The quantitative estimate of drug-likeness (QED) is 0.712. The van der Waals surface area contributed by atoms with Crippen molar-refractivity contribution in [2.75, 3.05) is 13.2 Å². The first kappa shape index (κ1) is 15.5. The van der Waals surface area contributed by atoms with E-state index in [1.807, 2.05) is 0 Å². The van der Waals surface area contributed by atoms with Crippen molar-refractivity contribution in [1.29, 1.82) is 0 Å². The van der Waals surface area contributed by atoms with Gasteiger partial charge in [0.1, 0.15) is 5.75 Å². The molecule has 0 spiro atoms. The van der Waals surface area contributed by atoms with Crippen molar-refractivity contribution in [3.63, 3.8) is 0 Å². The van der Waals surface area contributed by atoms with Gasteiger partial charge in [0.2, 0.25) is 0 Å². The number of thiophene rings is 1. The Morgan fingerprint density at radius 1 is 1.29 bits per heavy atom. The third kappa shape index (κ3) is 3.52. The van der Waals surface area contributed by atoms with Crippen LogP contribution in [0, 0.1) is 0 Å². The van der Waals surface area contributed by atoms with Gasteiger partial charge in [0.05, 0.1) is 6.61 Å². The molecule has 0 radical (unpaired) electrons. The summed E-state index contributed by atoms with van der Waals surface area (Å²) in [6.45, 7) is 3.91. The monoisotopic (exact) mass is 429 g/mol. The molecule has 1 aliphatic rings. The van der Waals surface area contributed by atoms with E-state index in [0.29, 0.717) is 6.04 Å². The summed E-state index contributed by atoms with van der Waals surface area (Å²) >= 11 is 8.97. The van der Waals surface area contributed by atoms with Gasteiger partial charge in [-0.25, -0.2) is 0 Å². The van der Waals surface area contributed by atoms with Crippen molar-refractivity contribution in [2.45, 2.75) is 25.8 Å². The first-order chi connectivity index (χ1) is 10.2. The summed E-state index contributed by atoms with van der Waals surface area (Å²) in [7, 11) is 0. The minimum Gasteiger partial charge on any atom is -0.493 e. The third-order valence-corrected chi connectivity index (χ3v) is 5.90. The molecule has 1 atom stereocenters. The number of hydrogen-bond donors (Lipinski definition) is 1. The molecule has 1 aliphatic heterocycles. The van der Waals surface area contributed by atoms with E-state index in [1.54, 1.807) is 11.3 Å². The molecule has 2 heterocycles. The van der Waals surface area contributed by atoms with Gasteiger partial charge in [0.15, 0.2) is 0 Å². The van der Waals surface area contributed by atoms with Gasteiger partial charge in [-0.2, -0.15) is 0 Å². The zero-order valence-corrected chi connectivity index (χ0v) is 15.8. The van der Waals surface area contributed by atoms with Gasteiger partial charge in [-0.15, -0.1) is 11.3 Å². The van der Waals surface area contributed by atoms with Crippen molar-refractivity contribution >= 4 is 43.2 Å². The van der Waals surface area contributed by atoms with E-state index in [1.165, 1.54) is 16.0 Å². The lowest BCUT2D eigenvalue weighted by Gasteiger charge is -2.18. The van der Waals surface area contributed by atoms with Crippen molar-refractivity contribution in [3.05, 3.63) is 48.5 Å². The SMILES string of the molecule is CCNC(Cc1cc(Br)cc2c1OCC2)c1cc(Br)cs1. The van der Waals surface area contributed by atoms with Gasteiger partial charge in [-0.05, 0) is 58.2 Å². The van der Waals surface area contributed by atoms with Gasteiger partial charge >= 0.3 is 0 Å². The molecule has 0 fully saturated rings. The van der Waals surface area contributed by atoms with Crippen molar-refractivity contribution in [2.24, 2.45) is 0 Å². The number of benzene rings is 1. The largest absolute Gasteiger partial charge is 0.493 e. The molecule has 1 unspecified atom stereocenters. The number of nitrogens with one attached hydrogen (secondary N) is 1. The molecule has 2 aromatic rings. The second-order valence-electron chi connectivity index (χ2n) is 5.13. The molecule has 0 saturated heterocycles. The minimum atomic E-state index is 0.328. The van der Waals surface area contributed by atoms with Gasteiger partial charge < -0.3 is 10.1 Å². The number of ether oxygens (including phenoxy) is 1. The van der Waals surface area contributed by atoms with E-state index in [4.69, 9.17) is 4.74 Å². The summed E-state index contributed by atoms with van der Waals surface area (Å²) in [6, 6.07) is 6.90. The van der Waals surface area contributed by atoms with Crippen LogP contribution in [0.15, 0.2) is 32.5 Å². The Hall–Kier alpha value is -0.360. The summed E-state index contributed by atoms with van der Waals surface area (Å²) in [5, 5.41) is 5.73. The Bertz CT molecular complexity index is 641. The zero-order chi connectivity index (χ0) is 14.8. The first-order valence-electron chi connectivity index (χ1n) is 7.08. The van der Waals surface area contributed by atoms with Gasteiger partial charge in [0, 0.05) is 31.7 Å². The highest BCUT2D eigenvalue weighted by molar-refractivity contribution is 9.10. The van der Waals surface area contributed by atoms with E-state index in [9.17, 15) is 0 Å². The van der Waals surface area contributed by atoms with E-state index < -0.39 is 0 Å². The number of likely N-dealkylation sites (N-methyl/N-ethyl adjacent to an activating group) is 1. The third-order valence-electron chi connectivity index (χ3n) is 3.63. The Labute approximate surface area is 146 Å². The van der Waals surface area contributed by atoms with Gasteiger partial charge in [-0.3, -0.25) is 0 Å². The van der Waals surface area contributed by atoms with Crippen LogP contribution in [0.5, 0.6) is 5.75 Å². The van der Waals surface area contributed by atoms with Crippen LogP contribution in [0.1, 0.15) is 29.0 Å². The molecule has 1 N–H and O–H groups in total. The molecular weight excluding hydrogens is 414 g/mol. The molecule has 0 saturated carbocycles. The Balaban J connectivity index is 1.90. The minimum absolute atomic E-state index is 0.328. The van der Waals surface area contributed by atoms with Crippen molar-refractivity contribution < 1.29 is 4.74 Å². The summed E-state index contributed by atoms with van der Waals surface area (Å²) in [5.41, 5.74) is 2.61. The summed E-state index contributed by atoms with van der Waals surface area (Å²) < 4.78 is 8.15. The van der Waals surface area contributed by atoms with E-state index >= 15 is 0 Å². The average molecular weight is 431 g/mol. The van der Waals surface area contributed by atoms with Crippen molar-refractivity contribution in [1.82, 2.24) is 5.32 Å². The lowest BCUT2D eigenvalue weighted by atomic mass is 10.0. The van der Waals surface area contributed by atoms with Crippen LogP contribution < -0.4 is 10.1 Å². The van der Waals surface area contributed by atoms with Crippen LogP contribution in [-0.2, 0) is 12.8 Å². The second-order valence-corrected chi connectivity index (χ2v) is 7.91. The highest BCUT2D eigenvalue weighted by Crippen LogP contribution is 2.36. The number of fused-ring (bicyclic) bond motifs is 1. The maximum atomic E-state index is 5.85. The highest BCUT2D eigenvalue weighted by atomic mass is 79.9. The normalized spacial score (nSPS) is 14.8. The predicted molar refractivity (Wildman–Crippen MR) is 95.5 cm³/mol. The predicted octanol–water partition coefficient (Wildman–Crippen LogP) is 5.10. The topological polar surface area (TPSA) is 21.3 Å². The molecule has 21 heavy (non-hydrogen) atoms. The van der Waals surface area contributed by atoms with Gasteiger partial charge in [-0.1, -0.05) is 22.9 Å². The molecule has 0 bridgehead atoms. The fourth-order valence-corrected chi connectivity index (χ4v) is 4.82. The van der Waals surface area contributed by atoms with Crippen LogP contribution in [-0.4, -0.2) is 13.2 Å². The standard InChI is InChI=1S/C16H17Br2NOS/c1-2-19-14(15-8-13(18)9-21-15)7-11-6-12(17)5-10-3-4-20-16(10)11/h5-6,8-9,14,19H,2-4,7H2,1H3. The summed E-state index contributed by atoms with van der Waals surface area (Å²) in [5.74, 6) is 1.09. The van der Waals surface area contributed by atoms with Crippen molar-refractivity contribution in [3.8, 4) is 5.75 Å². The number of hydrogen-bond acceptors (Lipinski definition) is 3. The van der Waals surface area contributed by atoms with Gasteiger partial charge in [0.25, 0.3) is 0 Å². The number of rotatable bonds is 5. The van der Waals surface area contributed by atoms with Crippen LogP contribution in [0.25, 0.3) is 0 Å². The number of halogens is 2. The fraction of sp³-hybridized carbons (Fsp3) is 0.375. The molecule has 0 aliphatic carbocycles. The zero-order valence-electron chi connectivity index (χ0n) is 11.8. The van der Waals surface area contributed by atoms with Crippen LogP contribution in [0.4, 0.5) is 0 Å². The van der Waals surface area contributed by atoms with E-state index in [0.717, 1.165) is 40.7 Å². The molecule has 3 rings (SSSR count). The smallest absolute Gasteiger partial charge is 0.125 e. The lowest BCUT2D eigenvalue weighted by molar-refractivity contribution is 0.351. The Kier molecular flexibility index (Phi) is 5.04. The Morgan fingerprint density at radius 3 is 2.86 bits per heavy atom. The first-order valence-corrected chi connectivity index (χ1v) is 9.55. The summed E-state index contributed by atoms with van der Waals surface area (Å²) in [4.78, 5) is 1.36. The van der Waals surface area contributed by atoms with E-state index in [-0.39, 0.29) is 0 Å². The maximum Gasteiger partial charge on any atom is 0.125 e.